The number of nitrogens with zero attached hydrogens (tertiary/aromatic N) is 2. The van der Waals surface area contributed by atoms with Gasteiger partial charge in [-0.2, -0.15) is 4.99 Å². The maximum atomic E-state index is 13.3. The summed E-state index contributed by atoms with van der Waals surface area (Å²) in [5.74, 6) is 0.584. The van der Waals surface area contributed by atoms with Gasteiger partial charge in [0, 0.05) is 14.1 Å². The van der Waals surface area contributed by atoms with Crippen LogP contribution in [0.2, 0.25) is 0 Å². The predicted octanol–water partition coefficient (Wildman–Crippen LogP) is 3.67. The largest absolute Gasteiger partial charge is 0.365 e. The van der Waals surface area contributed by atoms with Gasteiger partial charge in [-0.25, -0.2) is 0 Å². The molecule has 2 aromatic rings. The third kappa shape index (κ3) is 1.97. The average molecular weight is 318 g/mol. The first-order valence-electron chi connectivity index (χ1n) is 8.04. The van der Waals surface area contributed by atoms with E-state index in [2.05, 4.69) is 11.6 Å². The summed E-state index contributed by atoms with van der Waals surface area (Å²) < 4.78 is 0. The zero-order valence-corrected chi connectivity index (χ0v) is 14.4. The zero-order chi connectivity index (χ0) is 17.4. The van der Waals surface area contributed by atoms with Crippen molar-refractivity contribution < 1.29 is 4.79 Å². The van der Waals surface area contributed by atoms with Gasteiger partial charge < -0.3 is 4.90 Å². The van der Waals surface area contributed by atoms with E-state index >= 15 is 0 Å². The SMILES string of the molecule is C=CC1(C)C(N(C)C)=NC(=O)C1(c1ccccc1)c1ccccc1. The van der Waals surface area contributed by atoms with E-state index in [1.54, 1.807) is 0 Å². The normalized spacial score (nSPS) is 22.1. The van der Waals surface area contributed by atoms with Crippen LogP contribution in [0.1, 0.15) is 18.1 Å². The fraction of sp³-hybridized carbons (Fsp3) is 0.238. The van der Waals surface area contributed by atoms with E-state index in [0.717, 1.165) is 17.0 Å². The number of carbonyl (C=O) groups excluding carboxylic acids is 1. The van der Waals surface area contributed by atoms with Crippen LogP contribution in [0.25, 0.3) is 0 Å². The maximum absolute atomic E-state index is 13.3. The molecule has 1 amide bonds. The van der Waals surface area contributed by atoms with Crippen LogP contribution < -0.4 is 0 Å². The van der Waals surface area contributed by atoms with Gasteiger partial charge in [-0.1, -0.05) is 66.7 Å². The maximum Gasteiger partial charge on any atom is 0.263 e. The molecule has 0 bridgehead atoms. The Morgan fingerprint density at radius 3 is 1.79 bits per heavy atom. The molecule has 0 aliphatic carbocycles. The van der Waals surface area contributed by atoms with E-state index in [4.69, 9.17) is 0 Å². The summed E-state index contributed by atoms with van der Waals surface area (Å²) in [6, 6.07) is 19.8. The van der Waals surface area contributed by atoms with Gasteiger partial charge in [0.25, 0.3) is 5.91 Å². The second-order valence-corrected chi connectivity index (χ2v) is 6.52. The molecule has 0 spiro atoms. The van der Waals surface area contributed by atoms with E-state index in [1.165, 1.54) is 0 Å². The van der Waals surface area contributed by atoms with Gasteiger partial charge in [0.2, 0.25) is 0 Å². The molecule has 0 saturated carbocycles. The molecule has 2 aromatic carbocycles. The fourth-order valence-electron chi connectivity index (χ4n) is 3.88. The number of amides is 1. The highest BCUT2D eigenvalue weighted by Crippen LogP contribution is 2.53. The highest BCUT2D eigenvalue weighted by atomic mass is 16.2. The fourth-order valence-corrected chi connectivity index (χ4v) is 3.88. The van der Waals surface area contributed by atoms with E-state index in [1.807, 2.05) is 92.7 Å². The van der Waals surface area contributed by atoms with Crippen molar-refractivity contribution >= 4 is 11.7 Å². The Labute approximate surface area is 143 Å². The second-order valence-electron chi connectivity index (χ2n) is 6.52. The Kier molecular flexibility index (Phi) is 3.88. The van der Waals surface area contributed by atoms with Crippen molar-refractivity contribution in [1.82, 2.24) is 4.90 Å². The van der Waals surface area contributed by atoms with Crippen LogP contribution in [-0.4, -0.2) is 30.7 Å². The van der Waals surface area contributed by atoms with Gasteiger partial charge in [0.15, 0.2) is 0 Å². The highest BCUT2D eigenvalue weighted by Gasteiger charge is 2.61. The second kappa shape index (κ2) is 5.75. The van der Waals surface area contributed by atoms with Gasteiger partial charge in [0.05, 0.1) is 5.41 Å². The van der Waals surface area contributed by atoms with Crippen molar-refractivity contribution in [1.29, 1.82) is 0 Å². The first kappa shape index (κ1) is 16.2. The van der Waals surface area contributed by atoms with Crippen LogP contribution in [-0.2, 0) is 10.2 Å². The summed E-state index contributed by atoms with van der Waals surface area (Å²) in [6.07, 6.45) is 1.86. The summed E-state index contributed by atoms with van der Waals surface area (Å²) in [5.41, 5.74) is 0.320. The standard InChI is InChI=1S/C21H22N2O/c1-5-20(2)18(23(3)4)22-19(24)21(20,16-12-8-6-9-13-16)17-14-10-7-11-15-17/h5-15H,1H2,2-4H3. The molecule has 0 aromatic heterocycles. The van der Waals surface area contributed by atoms with Gasteiger partial charge >= 0.3 is 0 Å². The lowest BCUT2D eigenvalue weighted by Gasteiger charge is -2.42. The topological polar surface area (TPSA) is 32.7 Å². The molecule has 1 unspecified atom stereocenters. The summed E-state index contributed by atoms with van der Waals surface area (Å²) in [4.78, 5) is 19.7. The molecule has 1 aliphatic rings. The Morgan fingerprint density at radius 1 is 0.958 bits per heavy atom. The molecule has 0 fully saturated rings. The van der Waals surface area contributed by atoms with Crippen molar-refractivity contribution in [3.05, 3.63) is 84.4 Å². The quantitative estimate of drug-likeness (QED) is 0.809. The van der Waals surface area contributed by atoms with Crippen molar-refractivity contribution in [3.63, 3.8) is 0 Å². The molecular weight excluding hydrogens is 296 g/mol. The molecule has 1 atom stereocenters. The third-order valence-electron chi connectivity index (χ3n) is 5.02. The van der Waals surface area contributed by atoms with Crippen LogP contribution in [0.3, 0.4) is 0 Å². The molecular formula is C21H22N2O. The number of amidine groups is 1. The number of rotatable bonds is 3. The molecule has 0 radical (unpaired) electrons. The van der Waals surface area contributed by atoms with Crippen molar-refractivity contribution in [2.45, 2.75) is 12.3 Å². The molecule has 3 rings (SSSR count). The summed E-state index contributed by atoms with van der Waals surface area (Å²) in [7, 11) is 3.83. The van der Waals surface area contributed by atoms with Crippen LogP contribution in [0.15, 0.2) is 78.3 Å². The van der Waals surface area contributed by atoms with Crippen LogP contribution in [0.4, 0.5) is 0 Å². The first-order chi connectivity index (χ1) is 11.5. The molecule has 3 heteroatoms. The number of hydrogen-bond acceptors (Lipinski definition) is 2. The van der Waals surface area contributed by atoms with E-state index in [-0.39, 0.29) is 5.91 Å². The predicted molar refractivity (Wildman–Crippen MR) is 98.1 cm³/mol. The van der Waals surface area contributed by atoms with Crippen LogP contribution in [0.5, 0.6) is 0 Å². The summed E-state index contributed by atoms with van der Waals surface area (Å²) in [5, 5.41) is 0. The Morgan fingerprint density at radius 2 is 1.42 bits per heavy atom. The Bertz CT molecular complexity index is 754. The zero-order valence-electron chi connectivity index (χ0n) is 14.4. The summed E-state index contributed by atoms with van der Waals surface area (Å²) >= 11 is 0. The minimum Gasteiger partial charge on any atom is -0.365 e. The number of carbonyl (C=O) groups is 1. The first-order valence-corrected chi connectivity index (χ1v) is 8.04. The average Bonchev–Trinajstić information content (AvgIpc) is 2.85. The minimum atomic E-state index is -0.906. The minimum absolute atomic E-state index is 0.147. The highest BCUT2D eigenvalue weighted by molar-refractivity contribution is 6.14. The van der Waals surface area contributed by atoms with E-state index in [0.29, 0.717) is 0 Å². The smallest absolute Gasteiger partial charge is 0.263 e. The van der Waals surface area contributed by atoms with Gasteiger partial charge in [0.1, 0.15) is 11.3 Å². The lowest BCUT2D eigenvalue weighted by atomic mass is 9.58. The molecule has 3 nitrogen and oxygen atoms in total. The van der Waals surface area contributed by atoms with Gasteiger partial charge in [-0.15, -0.1) is 6.58 Å². The summed E-state index contributed by atoms with van der Waals surface area (Å²) in [6.45, 7) is 6.11. The molecule has 1 heterocycles. The molecule has 0 N–H and O–H groups in total. The van der Waals surface area contributed by atoms with Crippen molar-refractivity contribution in [2.75, 3.05) is 14.1 Å². The number of hydrogen-bond donors (Lipinski definition) is 0. The molecule has 0 saturated heterocycles. The van der Waals surface area contributed by atoms with E-state index < -0.39 is 10.8 Å². The molecule has 122 valence electrons. The third-order valence-corrected chi connectivity index (χ3v) is 5.02. The van der Waals surface area contributed by atoms with Crippen LogP contribution in [0, 0.1) is 5.41 Å². The number of benzene rings is 2. The van der Waals surface area contributed by atoms with Gasteiger partial charge in [-0.3, -0.25) is 4.79 Å². The van der Waals surface area contributed by atoms with Crippen molar-refractivity contribution in [3.8, 4) is 0 Å². The Balaban J connectivity index is 2.39. The monoisotopic (exact) mass is 318 g/mol. The lowest BCUT2D eigenvalue weighted by molar-refractivity contribution is -0.122. The molecule has 1 aliphatic heterocycles. The van der Waals surface area contributed by atoms with Crippen molar-refractivity contribution in [2.24, 2.45) is 10.4 Å². The number of aliphatic imine (C=N–C) groups is 1. The van der Waals surface area contributed by atoms with E-state index in [9.17, 15) is 4.79 Å². The molecule has 24 heavy (non-hydrogen) atoms. The van der Waals surface area contributed by atoms with Crippen LogP contribution >= 0.6 is 0 Å². The lowest BCUT2D eigenvalue weighted by Crippen LogP contribution is -2.51. The van der Waals surface area contributed by atoms with Gasteiger partial charge in [-0.05, 0) is 18.1 Å². The Hall–Kier alpha value is -2.68.